The van der Waals surface area contributed by atoms with Crippen LogP contribution in [0.25, 0.3) is 0 Å². The Morgan fingerprint density at radius 1 is 1.19 bits per heavy atom. The van der Waals surface area contributed by atoms with Crippen LogP contribution < -0.4 is 10.2 Å². The maximum atomic E-state index is 4.61. The molecule has 0 radical (unpaired) electrons. The van der Waals surface area contributed by atoms with Crippen LogP contribution in [-0.2, 0) is 6.42 Å². The quantitative estimate of drug-likeness (QED) is 0.841. The Morgan fingerprint density at radius 3 is 2.25 bits per heavy atom. The summed E-state index contributed by atoms with van der Waals surface area (Å²) in [4.78, 5) is 11.3. The van der Waals surface area contributed by atoms with Crippen molar-refractivity contribution in [2.45, 2.75) is 27.2 Å². The minimum atomic E-state index is 0.826. The van der Waals surface area contributed by atoms with E-state index in [1.807, 2.05) is 7.05 Å². The SMILES string of the molecule is CCc1nc(N(CC)CC)nc(NC)c1I. The van der Waals surface area contributed by atoms with Crippen LogP contribution in [0.5, 0.6) is 0 Å². The fraction of sp³-hybridized carbons (Fsp3) is 0.636. The van der Waals surface area contributed by atoms with E-state index in [0.717, 1.165) is 40.5 Å². The predicted molar refractivity (Wildman–Crippen MR) is 77.2 cm³/mol. The van der Waals surface area contributed by atoms with E-state index < -0.39 is 0 Å². The van der Waals surface area contributed by atoms with Crippen LogP contribution in [0, 0.1) is 3.57 Å². The molecule has 1 aromatic rings. The molecule has 1 N–H and O–H groups in total. The van der Waals surface area contributed by atoms with Crippen molar-refractivity contribution in [1.29, 1.82) is 0 Å². The van der Waals surface area contributed by atoms with E-state index in [1.165, 1.54) is 0 Å². The highest BCUT2D eigenvalue weighted by Crippen LogP contribution is 2.22. The van der Waals surface area contributed by atoms with Crippen molar-refractivity contribution in [3.05, 3.63) is 9.26 Å². The van der Waals surface area contributed by atoms with Gasteiger partial charge in [0.1, 0.15) is 5.82 Å². The summed E-state index contributed by atoms with van der Waals surface area (Å²) in [6.07, 6.45) is 0.934. The van der Waals surface area contributed by atoms with E-state index in [1.54, 1.807) is 0 Å². The summed E-state index contributed by atoms with van der Waals surface area (Å²) in [7, 11) is 1.90. The van der Waals surface area contributed by atoms with Crippen molar-refractivity contribution in [3.8, 4) is 0 Å². The molecule has 0 unspecified atom stereocenters. The van der Waals surface area contributed by atoms with E-state index in [0.29, 0.717) is 0 Å². The number of aromatic nitrogens is 2. The molecule has 0 bridgehead atoms. The van der Waals surface area contributed by atoms with Crippen LogP contribution >= 0.6 is 22.6 Å². The van der Waals surface area contributed by atoms with Crippen LogP contribution in [0.2, 0.25) is 0 Å². The van der Waals surface area contributed by atoms with Crippen molar-refractivity contribution >= 4 is 34.4 Å². The smallest absolute Gasteiger partial charge is 0.227 e. The Labute approximate surface area is 111 Å². The first kappa shape index (κ1) is 13.5. The molecule has 90 valence electrons. The molecule has 0 aromatic carbocycles. The highest BCUT2D eigenvalue weighted by atomic mass is 127. The van der Waals surface area contributed by atoms with E-state index in [9.17, 15) is 0 Å². The Kier molecular flexibility index (Phi) is 5.24. The molecule has 0 saturated carbocycles. The van der Waals surface area contributed by atoms with E-state index >= 15 is 0 Å². The highest BCUT2D eigenvalue weighted by Gasteiger charge is 2.12. The summed E-state index contributed by atoms with van der Waals surface area (Å²) in [5.41, 5.74) is 1.11. The molecule has 5 heteroatoms. The monoisotopic (exact) mass is 334 g/mol. The number of nitrogens with zero attached hydrogens (tertiary/aromatic N) is 3. The Bertz CT molecular complexity index is 325. The highest BCUT2D eigenvalue weighted by molar-refractivity contribution is 14.1. The van der Waals surface area contributed by atoms with E-state index in [-0.39, 0.29) is 0 Å². The predicted octanol–water partition coefficient (Wildman–Crippen LogP) is 2.53. The van der Waals surface area contributed by atoms with Crippen LogP contribution in [0.1, 0.15) is 26.5 Å². The first-order valence-corrected chi connectivity index (χ1v) is 6.74. The van der Waals surface area contributed by atoms with Gasteiger partial charge in [-0.15, -0.1) is 0 Å². The molecule has 1 heterocycles. The third-order valence-corrected chi connectivity index (χ3v) is 3.66. The first-order valence-electron chi connectivity index (χ1n) is 5.66. The van der Waals surface area contributed by atoms with Gasteiger partial charge in [-0.25, -0.2) is 4.98 Å². The molecule has 0 atom stereocenters. The largest absolute Gasteiger partial charge is 0.372 e. The fourth-order valence-electron chi connectivity index (χ4n) is 1.53. The topological polar surface area (TPSA) is 41.1 Å². The molecule has 0 spiro atoms. The van der Waals surface area contributed by atoms with Crippen molar-refractivity contribution in [3.63, 3.8) is 0 Å². The summed E-state index contributed by atoms with van der Waals surface area (Å²) in [6, 6.07) is 0. The van der Waals surface area contributed by atoms with Crippen LogP contribution in [-0.4, -0.2) is 30.1 Å². The lowest BCUT2D eigenvalue weighted by molar-refractivity contribution is 0.808. The number of anilines is 2. The van der Waals surface area contributed by atoms with Gasteiger partial charge in [0.25, 0.3) is 0 Å². The number of halogens is 1. The molecule has 0 fully saturated rings. The summed E-state index contributed by atoms with van der Waals surface area (Å²) < 4.78 is 1.12. The maximum Gasteiger partial charge on any atom is 0.227 e. The Morgan fingerprint density at radius 2 is 1.81 bits per heavy atom. The van der Waals surface area contributed by atoms with Crippen LogP contribution in [0.15, 0.2) is 0 Å². The van der Waals surface area contributed by atoms with Gasteiger partial charge in [0.05, 0.1) is 9.26 Å². The zero-order valence-electron chi connectivity index (χ0n) is 10.3. The van der Waals surface area contributed by atoms with Crippen LogP contribution in [0.3, 0.4) is 0 Å². The fourth-order valence-corrected chi connectivity index (χ4v) is 2.42. The lowest BCUT2D eigenvalue weighted by Crippen LogP contribution is -2.25. The van der Waals surface area contributed by atoms with Gasteiger partial charge in [0.15, 0.2) is 0 Å². The van der Waals surface area contributed by atoms with Gasteiger partial charge in [-0.3, -0.25) is 0 Å². The third-order valence-electron chi connectivity index (χ3n) is 2.53. The van der Waals surface area contributed by atoms with Gasteiger partial charge >= 0.3 is 0 Å². The molecule has 16 heavy (non-hydrogen) atoms. The zero-order valence-corrected chi connectivity index (χ0v) is 12.5. The molecular formula is C11H19IN4. The molecule has 0 aliphatic heterocycles. The lowest BCUT2D eigenvalue weighted by Gasteiger charge is -2.20. The Hall–Kier alpha value is -0.590. The summed E-state index contributed by atoms with van der Waals surface area (Å²) >= 11 is 2.30. The molecule has 0 aliphatic carbocycles. The van der Waals surface area contributed by atoms with Crippen molar-refractivity contribution in [2.24, 2.45) is 0 Å². The number of hydrogen-bond acceptors (Lipinski definition) is 4. The maximum absolute atomic E-state index is 4.61. The average Bonchev–Trinajstić information content (AvgIpc) is 2.32. The summed E-state index contributed by atoms with van der Waals surface area (Å²) in [5, 5.41) is 3.13. The van der Waals surface area contributed by atoms with Gasteiger partial charge < -0.3 is 10.2 Å². The second-order valence-corrected chi connectivity index (χ2v) is 4.49. The molecule has 0 aliphatic rings. The van der Waals surface area contributed by atoms with Crippen molar-refractivity contribution < 1.29 is 0 Å². The minimum absolute atomic E-state index is 0.826. The van der Waals surface area contributed by atoms with Gasteiger partial charge in [-0.2, -0.15) is 4.98 Å². The number of nitrogens with one attached hydrogen (secondary N) is 1. The Balaban J connectivity index is 3.20. The second kappa shape index (κ2) is 6.22. The van der Waals surface area contributed by atoms with Gasteiger partial charge in [0, 0.05) is 20.1 Å². The van der Waals surface area contributed by atoms with Gasteiger partial charge in [-0.1, -0.05) is 6.92 Å². The number of hydrogen-bond donors (Lipinski definition) is 1. The van der Waals surface area contributed by atoms with E-state index in [2.05, 4.69) is 63.5 Å². The molecular weight excluding hydrogens is 315 g/mol. The second-order valence-electron chi connectivity index (χ2n) is 3.41. The van der Waals surface area contributed by atoms with E-state index in [4.69, 9.17) is 0 Å². The summed E-state index contributed by atoms with van der Waals surface area (Å²) in [6.45, 7) is 8.23. The molecule has 4 nitrogen and oxygen atoms in total. The normalized spacial score (nSPS) is 10.3. The minimum Gasteiger partial charge on any atom is -0.372 e. The van der Waals surface area contributed by atoms with Crippen LogP contribution in [0.4, 0.5) is 11.8 Å². The molecule has 0 saturated heterocycles. The zero-order chi connectivity index (χ0) is 12.1. The molecule has 0 amide bonds. The summed E-state index contributed by atoms with van der Waals surface area (Å²) in [5.74, 6) is 1.75. The standard InChI is InChI=1S/C11H19IN4/c1-5-8-9(12)10(13-4)15-11(14-8)16(6-2)7-3/h5-7H2,1-4H3,(H,13,14,15). The molecule has 1 aromatic heterocycles. The van der Waals surface area contributed by atoms with Crippen molar-refractivity contribution in [1.82, 2.24) is 9.97 Å². The van der Waals surface area contributed by atoms with Crippen molar-refractivity contribution in [2.75, 3.05) is 30.4 Å². The molecule has 1 rings (SSSR count). The van der Waals surface area contributed by atoms with Gasteiger partial charge in [-0.05, 0) is 42.9 Å². The number of rotatable bonds is 5. The number of aryl methyl sites for hydroxylation is 1. The van der Waals surface area contributed by atoms with Gasteiger partial charge in [0.2, 0.25) is 5.95 Å². The third kappa shape index (κ3) is 2.75. The average molecular weight is 334 g/mol. The lowest BCUT2D eigenvalue weighted by atomic mass is 10.3. The first-order chi connectivity index (χ1) is 7.67.